The topological polar surface area (TPSA) is 76.4 Å². The fourth-order valence-electron chi connectivity index (χ4n) is 2.90. The predicted octanol–water partition coefficient (Wildman–Crippen LogP) is 4.49. The molecule has 0 saturated heterocycles. The maximum atomic E-state index is 12.7. The fourth-order valence-corrected chi connectivity index (χ4v) is 4.11. The summed E-state index contributed by atoms with van der Waals surface area (Å²) in [5.41, 5.74) is 4.13. The zero-order chi connectivity index (χ0) is 18.9. The van der Waals surface area contributed by atoms with E-state index < -0.39 is 10.0 Å². The van der Waals surface area contributed by atoms with Gasteiger partial charge in [0.2, 0.25) is 0 Å². The smallest absolute Gasteiger partial charge is 0.261 e. The second-order valence-corrected chi connectivity index (χ2v) is 7.91. The number of rotatable bonds is 5. The van der Waals surface area contributed by atoms with Crippen LogP contribution in [0.25, 0.3) is 11.3 Å². The lowest BCUT2D eigenvalue weighted by Crippen LogP contribution is -2.14. The number of aldehydes is 1. The number of nitrogens with one attached hydrogen (secondary N) is 1. The van der Waals surface area contributed by atoms with Crippen LogP contribution in [-0.4, -0.2) is 14.7 Å². The number of sulfonamides is 1. The lowest BCUT2D eigenvalue weighted by atomic mass is 10.1. The molecule has 26 heavy (non-hydrogen) atoms. The minimum atomic E-state index is -3.71. The first-order valence-electron chi connectivity index (χ1n) is 8.06. The number of carbonyl (C=O) groups excluding carboxylic acids is 1. The van der Waals surface area contributed by atoms with Gasteiger partial charge in [-0.15, -0.1) is 0 Å². The summed E-state index contributed by atoms with van der Waals surface area (Å²) >= 11 is 0. The molecule has 5 nitrogen and oxygen atoms in total. The van der Waals surface area contributed by atoms with E-state index in [-0.39, 0.29) is 10.7 Å². The molecule has 134 valence electrons. The SMILES string of the molecule is Cc1cc(C)c(NS(=O)(=O)c2ccc(-c3ccc(C=O)o3)cc2)c(C)c1. The van der Waals surface area contributed by atoms with Crippen LogP contribution < -0.4 is 4.72 Å². The first-order valence-corrected chi connectivity index (χ1v) is 9.54. The molecule has 0 atom stereocenters. The summed E-state index contributed by atoms with van der Waals surface area (Å²) in [5.74, 6) is 0.734. The van der Waals surface area contributed by atoms with E-state index in [1.807, 2.05) is 32.9 Å². The van der Waals surface area contributed by atoms with Crippen molar-refractivity contribution in [1.82, 2.24) is 0 Å². The second kappa shape index (κ2) is 6.80. The predicted molar refractivity (Wildman–Crippen MR) is 101 cm³/mol. The molecule has 0 amide bonds. The van der Waals surface area contributed by atoms with Gasteiger partial charge in [0.1, 0.15) is 5.76 Å². The van der Waals surface area contributed by atoms with Crippen LogP contribution >= 0.6 is 0 Å². The largest absolute Gasteiger partial charge is 0.453 e. The molecule has 0 aliphatic rings. The van der Waals surface area contributed by atoms with Gasteiger partial charge >= 0.3 is 0 Å². The molecule has 0 spiro atoms. The van der Waals surface area contributed by atoms with Gasteiger partial charge in [-0.2, -0.15) is 0 Å². The number of carbonyl (C=O) groups is 1. The third-order valence-electron chi connectivity index (χ3n) is 4.11. The Bertz CT molecular complexity index is 1040. The fraction of sp³-hybridized carbons (Fsp3) is 0.150. The summed E-state index contributed by atoms with van der Waals surface area (Å²) in [5, 5.41) is 0. The molecule has 0 fully saturated rings. The van der Waals surface area contributed by atoms with Crippen LogP contribution in [0.1, 0.15) is 27.2 Å². The molecule has 1 heterocycles. The normalized spacial score (nSPS) is 11.3. The number of hydrogen-bond acceptors (Lipinski definition) is 4. The van der Waals surface area contributed by atoms with Gasteiger partial charge in [-0.25, -0.2) is 8.42 Å². The van der Waals surface area contributed by atoms with Crippen LogP contribution in [0.5, 0.6) is 0 Å². The maximum absolute atomic E-state index is 12.7. The number of anilines is 1. The number of hydrogen-bond donors (Lipinski definition) is 1. The molecule has 6 heteroatoms. The van der Waals surface area contributed by atoms with E-state index >= 15 is 0 Å². The lowest BCUT2D eigenvalue weighted by Gasteiger charge is -2.14. The molecule has 1 aromatic heterocycles. The summed E-state index contributed by atoms with van der Waals surface area (Å²) in [6.45, 7) is 5.73. The molecule has 0 aliphatic heterocycles. The molecule has 0 bridgehead atoms. The summed E-state index contributed by atoms with van der Waals surface area (Å²) in [6, 6.07) is 13.4. The van der Waals surface area contributed by atoms with Crippen molar-refractivity contribution in [1.29, 1.82) is 0 Å². The molecule has 1 N–H and O–H groups in total. The lowest BCUT2D eigenvalue weighted by molar-refractivity contribution is 0.110. The highest BCUT2D eigenvalue weighted by molar-refractivity contribution is 7.92. The Labute approximate surface area is 152 Å². The number of aryl methyl sites for hydroxylation is 3. The molecular weight excluding hydrogens is 350 g/mol. The second-order valence-electron chi connectivity index (χ2n) is 6.22. The molecule has 2 aromatic carbocycles. The van der Waals surface area contributed by atoms with Crippen molar-refractivity contribution in [2.45, 2.75) is 25.7 Å². The summed E-state index contributed by atoms with van der Waals surface area (Å²) in [7, 11) is -3.71. The molecule has 3 aromatic rings. The Morgan fingerprint density at radius 2 is 1.54 bits per heavy atom. The van der Waals surface area contributed by atoms with Crippen LogP contribution in [0.4, 0.5) is 5.69 Å². The van der Waals surface area contributed by atoms with Crippen molar-refractivity contribution in [3.8, 4) is 11.3 Å². The van der Waals surface area contributed by atoms with Gasteiger partial charge in [0.15, 0.2) is 12.0 Å². The van der Waals surface area contributed by atoms with Gasteiger partial charge in [-0.3, -0.25) is 9.52 Å². The Kier molecular flexibility index (Phi) is 4.70. The summed E-state index contributed by atoms with van der Waals surface area (Å²) in [6.07, 6.45) is 0.624. The first-order chi connectivity index (χ1) is 12.3. The van der Waals surface area contributed by atoms with E-state index in [1.54, 1.807) is 24.3 Å². The zero-order valence-corrected chi connectivity index (χ0v) is 15.6. The molecule has 0 unspecified atom stereocenters. The molecule has 0 aliphatic carbocycles. The van der Waals surface area contributed by atoms with Crippen molar-refractivity contribution in [2.24, 2.45) is 0 Å². The van der Waals surface area contributed by atoms with Crippen LogP contribution in [0.15, 0.2) is 57.8 Å². The van der Waals surface area contributed by atoms with Crippen LogP contribution in [0.3, 0.4) is 0 Å². The molecular formula is C20H19NO4S. The summed E-state index contributed by atoms with van der Waals surface area (Å²) < 4.78 is 33.4. The van der Waals surface area contributed by atoms with Crippen LogP contribution in [0.2, 0.25) is 0 Å². The highest BCUT2D eigenvalue weighted by Crippen LogP contribution is 2.27. The van der Waals surface area contributed by atoms with E-state index in [1.165, 1.54) is 12.1 Å². The van der Waals surface area contributed by atoms with E-state index in [0.29, 0.717) is 23.3 Å². The van der Waals surface area contributed by atoms with Crippen molar-refractivity contribution < 1.29 is 17.6 Å². The third kappa shape index (κ3) is 3.55. The van der Waals surface area contributed by atoms with E-state index in [2.05, 4.69) is 4.72 Å². The number of furan rings is 1. The monoisotopic (exact) mass is 369 g/mol. The van der Waals surface area contributed by atoms with Crippen molar-refractivity contribution >= 4 is 22.0 Å². The van der Waals surface area contributed by atoms with E-state index in [4.69, 9.17) is 4.42 Å². The quantitative estimate of drug-likeness (QED) is 0.673. The van der Waals surface area contributed by atoms with Crippen LogP contribution in [-0.2, 0) is 10.0 Å². The van der Waals surface area contributed by atoms with Crippen molar-refractivity contribution in [3.05, 3.63) is 71.0 Å². The Morgan fingerprint density at radius 1 is 0.923 bits per heavy atom. The Hall–Kier alpha value is -2.86. The van der Waals surface area contributed by atoms with Gasteiger partial charge in [0.05, 0.1) is 10.6 Å². The van der Waals surface area contributed by atoms with Gasteiger partial charge in [0, 0.05) is 5.56 Å². The zero-order valence-electron chi connectivity index (χ0n) is 14.7. The Balaban J connectivity index is 1.89. The van der Waals surface area contributed by atoms with Gasteiger partial charge in [-0.1, -0.05) is 17.7 Å². The molecule has 3 rings (SSSR count). The van der Waals surface area contributed by atoms with Crippen molar-refractivity contribution in [3.63, 3.8) is 0 Å². The first kappa shape index (κ1) is 17.9. The minimum Gasteiger partial charge on any atom is -0.453 e. The highest BCUT2D eigenvalue weighted by atomic mass is 32.2. The Morgan fingerprint density at radius 3 is 2.08 bits per heavy atom. The van der Waals surface area contributed by atoms with E-state index in [0.717, 1.165) is 16.7 Å². The highest BCUT2D eigenvalue weighted by Gasteiger charge is 2.17. The maximum Gasteiger partial charge on any atom is 0.261 e. The van der Waals surface area contributed by atoms with E-state index in [9.17, 15) is 13.2 Å². The minimum absolute atomic E-state index is 0.155. The van der Waals surface area contributed by atoms with Crippen LogP contribution in [0, 0.1) is 20.8 Å². The summed E-state index contributed by atoms with van der Waals surface area (Å²) in [4.78, 5) is 10.9. The molecule has 0 radical (unpaired) electrons. The van der Waals surface area contributed by atoms with Gasteiger partial charge in [0.25, 0.3) is 10.0 Å². The average Bonchev–Trinajstić information content (AvgIpc) is 3.07. The van der Waals surface area contributed by atoms with Crippen molar-refractivity contribution in [2.75, 3.05) is 4.72 Å². The standard InChI is InChI=1S/C20H19NO4S/c1-13-10-14(2)20(15(3)11-13)21-26(23,24)18-7-4-16(5-8-18)19-9-6-17(12-22)25-19/h4-12,21H,1-3H3. The van der Waals surface area contributed by atoms with Gasteiger partial charge < -0.3 is 4.42 Å². The third-order valence-corrected chi connectivity index (χ3v) is 5.47. The van der Waals surface area contributed by atoms with Gasteiger partial charge in [-0.05, 0) is 68.3 Å². The molecule has 0 saturated carbocycles. The average molecular weight is 369 g/mol. The number of benzene rings is 2.